The number of aromatic nitrogens is 4. The van der Waals surface area contributed by atoms with Gasteiger partial charge in [0.1, 0.15) is 12.0 Å². The maximum Gasteiger partial charge on any atom is 0.257 e. The van der Waals surface area contributed by atoms with Crippen LogP contribution in [0.2, 0.25) is 0 Å². The number of halogens is 1. The first-order chi connectivity index (χ1) is 19.5. The summed E-state index contributed by atoms with van der Waals surface area (Å²) in [6, 6.07) is 15.5. The highest BCUT2D eigenvalue weighted by Crippen LogP contribution is 2.37. The summed E-state index contributed by atoms with van der Waals surface area (Å²) in [7, 11) is -3.57. The number of nitrogens with zero attached hydrogens (tertiary/aromatic N) is 6. The quantitative estimate of drug-likeness (QED) is 0.273. The minimum absolute atomic E-state index is 0.0270. The Hall–Kier alpha value is -3.57. The van der Waals surface area contributed by atoms with Crippen molar-refractivity contribution in [1.82, 2.24) is 19.1 Å². The minimum Gasteiger partial charge on any atom is -0.790 e. The molecule has 41 heavy (non-hydrogen) atoms. The van der Waals surface area contributed by atoms with Gasteiger partial charge in [-0.15, -0.1) is 0 Å². The molecule has 2 aromatic heterocycles. The van der Waals surface area contributed by atoms with E-state index in [1.54, 1.807) is 33.0 Å². The average Bonchev–Trinajstić information content (AvgIpc) is 3.30. The van der Waals surface area contributed by atoms with Gasteiger partial charge < -0.3 is 33.2 Å². The number of phosphoric ester groups is 1. The first-order valence-corrected chi connectivity index (χ1v) is 14.9. The van der Waals surface area contributed by atoms with Gasteiger partial charge in [0.15, 0.2) is 0 Å². The lowest BCUT2D eigenvalue weighted by molar-refractivity contribution is -0.348. The van der Waals surface area contributed by atoms with E-state index in [1.807, 2.05) is 29.2 Å². The molecule has 0 aliphatic carbocycles. The van der Waals surface area contributed by atoms with Crippen LogP contribution in [0.4, 0.5) is 16.3 Å². The molecular formula is C28H32FN6O5P-2. The van der Waals surface area contributed by atoms with Crippen molar-refractivity contribution in [3.05, 3.63) is 82.5 Å². The van der Waals surface area contributed by atoms with E-state index < -0.39 is 25.5 Å². The molecule has 1 atom stereocenters. The Morgan fingerprint density at radius 3 is 2.44 bits per heavy atom. The molecule has 1 aliphatic rings. The maximum atomic E-state index is 13.5. The van der Waals surface area contributed by atoms with Crippen LogP contribution in [0.3, 0.4) is 0 Å². The molecule has 0 bridgehead atoms. The van der Waals surface area contributed by atoms with Gasteiger partial charge in [-0.25, -0.2) is 14.4 Å². The summed E-state index contributed by atoms with van der Waals surface area (Å²) < 4.78 is 33.1. The van der Waals surface area contributed by atoms with Crippen molar-refractivity contribution in [2.45, 2.75) is 45.5 Å². The molecule has 5 rings (SSSR count). The number of phosphoric acid groups is 1. The monoisotopic (exact) mass is 582 g/mol. The Morgan fingerprint density at radius 1 is 1.10 bits per heavy atom. The van der Waals surface area contributed by atoms with Gasteiger partial charge >= 0.3 is 0 Å². The van der Waals surface area contributed by atoms with E-state index in [0.717, 1.165) is 27.1 Å². The van der Waals surface area contributed by atoms with Crippen LogP contribution in [0.15, 0.2) is 65.6 Å². The van der Waals surface area contributed by atoms with Gasteiger partial charge in [0.05, 0.1) is 25.4 Å². The third-order valence-electron chi connectivity index (χ3n) is 7.42. The normalized spacial score (nSPS) is 15.5. The molecule has 1 fully saturated rings. The molecule has 11 nitrogen and oxygen atoms in total. The van der Waals surface area contributed by atoms with Gasteiger partial charge in [-0.3, -0.25) is 9.36 Å². The van der Waals surface area contributed by atoms with Gasteiger partial charge in [-0.2, -0.15) is 0 Å². The Labute approximate surface area is 237 Å². The Bertz CT molecular complexity index is 1610. The first-order valence-electron chi connectivity index (χ1n) is 13.5. The summed E-state index contributed by atoms with van der Waals surface area (Å²) >= 11 is 0. The molecule has 13 heteroatoms. The predicted molar refractivity (Wildman–Crippen MR) is 150 cm³/mol. The summed E-state index contributed by atoms with van der Waals surface area (Å²) in [4.78, 5) is 49.2. The van der Waals surface area contributed by atoms with Crippen LogP contribution in [0, 0.1) is 11.7 Å². The van der Waals surface area contributed by atoms with Crippen LogP contribution in [-0.4, -0.2) is 45.3 Å². The van der Waals surface area contributed by atoms with E-state index in [-0.39, 0.29) is 17.8 Å². The average molecular weight is 583 g/mol. The van der Waals surface area contributed by atoms with Gasteiger partial charge in [0, 0.05) is 38.4 Å². The zero-order valence-corrected chi connectivity index (χ0v) is 24.0. The summed E-state index contributed by atoms with van der Waals surface area (Å²) in [5.74, 6) is 0.277. The number of benzene rings is 2. The van der Waals surface area contributed by atoms with Gasteiger partial charge in [0.25, 0.3) is 5.56 Å². The van der Waals surface area contributed by atoms with E-state index in [4.69, 9.17) is 9.51 Å². The van der Waals surface area contributed by atoms with E-state index in [0.29, 0.717) is 32.5 Å². The van der Waals surface area contributed by atoms with E-state index in [1.165, 1.54) is 24.4 Å². The van der Waals surface area contributed by atoms with E-state index >= 15 is 0 Å². The third-order valence-corrected chi connectivity index (χ3v) is 7.89. The van der Waals surface area contributed by atoms with Crippen LogP contribution < -0.4 is 25.1 Å². The second kappa shape index (κ2) is 11.7. The number of para-hydroxylation sites is 2. The second-order valence-corrected chi connectivity index (χ2v) is 11.7. The van der Waals surface area contributed by atoms with Crippen LogP contribution in [-0.2, 0) is 15.6 Å². The highest BCUT2D eigenvalue weighted by molar-refractivity contribution is 7.43. The van der Waals surface area contributed by atoms with Crippen molar-refractivity contribution in [2.24, 2.45) is 5.92 Å². The van der Waals surface area contributed by atoms with Crippen LogP contribution in [0.5, 0.6) is 0 Å². The predicted octanol–water partition coefficient (Wildman–Crippen LogP) is 2.89. The van der Waals surface area contributed by atoms with Crippen molar-refractivity contribution in [3.63, 3.8) is 0 Å². The highest BCUT2D eigenvalue weighted by atomic mass is 31.2. The molecule has 0 radical (unpaired) electrons. The minimum atomic E-state index is -5.37. The molecule has 0 amide bonds. The smallest absolute Gasteiger partial charge is 0.257 e. The van der Waals surface area contributed by atoms with Crippen LogP contribution in [0.25, 0.3) is 11.0 Å². The van der Waals surface area contributed by atoms with Gasteiger partial charge in [-0.1, -0.05) is 38.1 Å². The summed E-state index contributed by atoms with van der Waals surface area (Å²) in [6.07, 6.45) is 1.45. The number of hydrogen-bond donors (Lipinski definition) is 0. The molecule has 2 aromatic carbocycles. The molecule has 0 N–H and O–H groups in total. The van der Waals surface area contributed by atoms with E-state index in [2.05, 4.69) is 14.5 Å². The fourth-order valence-corrected chi connectivity index (χ4v) is 5.96. The Kier molecular flexibility index (Phi) is 8.28. The molecule has 4 aromatic rings. The maximum absolute atomic E-state index is 13.5. The third kappa shape index (κ3) is 6.36. The van der Waals surface area contributed by atoms with Gasteiger partial charge in [0.2, 0.25) is 11.9 Å². The van der Waals surface area contributed by atoms with E-state index in [9.17, 15) is 23.5 Å². The lowest BCUT2D eigenvalue weighted by atomic mass is 10.0. The highest BCUT2D eigenvalue weighted by Gasteiger charge is 2.30. The first kappa shape index (κ1) is 28.9. The summed E-state index contributed by atoms with van der Waals surface area (Å²) in [6.45, 7) is 5.20. The number of fused-ring (bicyclic) bond motifs is 1. The van der Waals surface area contributed by atoms with Crippen molar-refractivity contribution in [3.8, 4) is 0 Å². The second-order valence-electron chi connectivity index (χ2n) is 10.6. The molecule has 1 unspecified atom stereocenters. The lowest BCUT2D eigenvalue weighted by Gasteiger charge is -2.40. The zero-order valence-electron chi connectivity index (χ0n) is 23.1. The molecule has 1 saturated heterocycles. The lowest BCUT2D eigenvalue weighted by Crippen LogP contribution is -2.46. The molecule has 0 spiro atoms. The number of anilines is 2. The van der Waals surface area contributed by atoms with Crippen LogP contribution >= 0.6 is 7.82 Å². The molecule has 3 heterocycles. The molecular weight excluding hydrogens is 550 g/mol. The van der Waals surface area contributed by atoms with Crippen LogP contribution in [0.1, 0.15) is 38.5 Å². The standard InChI is InChI=1S/C28H34FN6O5P/c1-19(2)26(40-41(37,38)39)35-25(36)12-15-30-27(35)32(3)22-13-16-33(17-14-22)28-31-23-6-4-5-7-24(23)34(28)18-20-8-10-21(29)11-9-20/h4-12,15,19,22,26H,13-14,16-18H2,1-3H3,(H2,37,38,39)/p-2. The summed E-state index contributed by atoms with van der Waals surface area (Å²) in [5.41, 5.74) is 2.30. The van der Waals surface area contributed by atoms with Gasteiger partial charge in [-0.05, 0) is 48.6 Å². The Balaban J connectivity index is 1.39. The number of imidazole rings is 1. The molecule has 0 saturated carbocycles. The molecule has 1 aliphatic heterocycles. The number of hydrogen-bond acceptors (Lipinski definition) is 9. The zero-order chi connectivity index (χ0) is 29.3. The number of rotatable bonds is 9. The largest absolute Gasteiger partial charge is 0.790 e. The van der Waals surface area contributed by atoms with Crippen molar-refractivity contribution >= 4 is 30.8 Å². The Morgan fingerprint density at radius 2 is 1.78 bits per heavy atom. The SMILES string of the molecule is CC(C)C(OP(=O)([O-])[O-])n1c(N(C)C2CCN(c3nc4ccccc4n3Cc3ccc(F)cc3)CC2)nccc1=O. The summed E-state index contributed by atoms with van der Waals surface area (Å²) in [5, 5.41) is 0. The fraction of sp³-hybridized carbons (Fsp3) is 0.393. The molecule has 218 valence electrons. The topological polar surface area (TPSA) is 132 Å². The van der Waals surface area contributed by atoms with Crippen molar-refractivity contribution in [2.75, 3.05) is 29.9 Å². The fourth-order valence-electron chi connectivity index (χ4n) is 5.36. The van der Waals surface area contributed by atoms with Crippen molar-refractivity contribution in [1.29, 1.82) is 0 Å². The number of piperidine rings is 1. The van der Waals surface area contributed by atoms with Crippen molar-refractivity contribution < 1.29 is 23.3 Å².